The topological polar surface area (TPSA) is 113 Å². The van der Waals surface area contributed by atoms with Crippen LogP contribution in [-0.2, 0) is 28.7 Å². The van der Waals surface area contributed by atoms with Gasteiger partial charge in [0.25, 0.3) is 0 Å². The Bertz CT molecular complexity index is 1270. The Hall–Kier alpha value is -1.76. The first kappa shape index (κ1) is 74.2. The van der Waals surface area contributed by atoms with Crippen molar-refractivity contribution in [2.24, 2.45) is 29.4 Å². The summed E-state index contributed by atoms with van der Waals surface area (Å²) < 4.78 is 11.5. The highest BCUT2D eigenvalue weighted by molar-refractivity contribution is 5.90. The van der Waals surface area contributed by atoms with Crippen LogP contribution in [-0.4, -0.2) is 29.9 Å². The van der Waals surface area contributed by atoms with E-state index in [0.29, 0.717) is 0 Å². The lowest BCUT2D eigenvalue weighted by Gasteiger charge is -2.26. The molecule has 0 saturated carbocycles. The number of nitrogens with two attached hydrogens (primary N) is 1. The van der Waals surface area contributed by atoms with Gasteiger partial charge in [-0.1, -0.05) is 337 Å². The van der Waals surface area contributed by atoms with Crippen LogP contribution in [0.25, 0.3) is 0 Å². The summed E-state index contributed by atoms with van der Waals surface area (Å²) in [5.74, 6) is -2.47. The Morgan fingerprint density at radius 1 is 0.263 bits per heavy atom. The lowest BCUT2D eigenvalue weighted by molar-refractivity contribution is -0.165. The lowest BCUT2D eigenvalue weighted by Crippen LogP contribution is -2.37. The lowest BCUT2D eigenvalue weighted by atomic mass is 9.80. The fourth-order valence-electron chi connectivity index (χ4n) is 11.9. The summed E-state index contributed by atoms with van der Waals surface area (Å²) in [5, 5.41) is 0. The first-order chi connectivity index (χ1) is 37.2. The van der Waals surface area contributed by atoms with Gasteiger partial charge in [-0.05, 0) is 56.8 Å². The monoisotopic (exact) mass is 1070 g/mol. The molecule has 76 heavy (non-hydrogen) atoms. The zero-order valence-corrected chi connectivity index (χ0v) is 52.1. The number of hydrogen-bond acceptors (Lipinski definition) is 7. The fraction of sp³-hybridized carbons (Fsp3) is 0.942. The number of ether oxygens (including phenoxy) is 2. The molecule has 0 fully saturated rings. The highest BCUT2D eigenvalue weighted by Gasteiger charge is 2.33. The first-order valence-corrected chi connectivity index (χ1v) is 34.5. The van der Waals surface area contributed by atoms with Gasteiger partial charge in [-0.25, -0.2) is 4.79 Å². The predicted octanol–water partition coefficient (Wildman–Crippen LogP) is 22.1. The number of carbonyl (C=O) groups is 4. The van der Waals surface area contributed by atoms with E-state index in [9.17, 15) is 19.2 Å². The van der Waals surface area contributed by atoms with E-state index in [4.69, 9.17) is 15.2 Å². The summed E-state index contributed by atoms with van der Waals surface area (Å²) in [4.78, 5) is 55.7. The van der Waals surface area contributed by atoms with Gasteiger partial charge in [0.15, 0.2) is 0 Å². The maximum Gasteiger partial charge on any atom is 0.330 e. The molecule has 0 amide bonds. The summed E-state index contributed by atoms with van der Waals surface area (Å²) in [7, 11) is 0. The van der Waals surface area contributed by atoms with E-state index in [2.05, 4.69) is 41.5 Å². The van der Waals surface area contributed by atoms with Crippen molar-refractivity contribution in [2.45, 2.75) is 394 Å². The van der Waals surface area contributed by atoms with Gasteiger partial charge in [0, 0.05) is 6.42 Å². The molecule has 5 atom stereocenters. The Balaban J connectivity index is 5.98. The molecule has 0 aromatic carbocycles. The summed E-state index contributed by atoms with van der Waals surface area (Å²) in [6.45, 7) is 13.6. The molecule has 0 rings (SSSR count). The quantitative estimate of drug-likeness (QED) is 0.0367. The van der Waals surface area contributed by atoms with E-state index < -0.39 is 29.9 Å². The van der Waals surface area contributed by atoms with Crippen molar-refractivity contribution < 1.29 is 28.7 Å². The van der Waals surface area contributed by atoms with Crippen molar-refractivity contribution in [2.75, 3.05) is 0 Å². The zero-order valence-electron chi connectivity index (χ0n) is 52.1. The number of hydrogen-bond donors (Lipinski definition) is 1. The summed E-state index contributed by atoms with van der Waals surface area (Å²) >= 11 is 0. The van der Waals surface area contributed by atoms with Crippen LogP contribution in [0.4, 0.5) is 0 Å². The van der Waals surface area contributed by atoms with Gasteiger partial charge in [0.1, 0.15) is 6.04 Å². The fourth-order valence-corrected chi connectivity index (χ4v) is 11.9. The second kappa shape index (κ2) is 57.9. The predicted molar refractivity (Wildman–Crippen MR) is 327 cm³/mol. The molecule has 5 unspecified atom stereocenters. The molecule has 0 heterocycles. The van der Waals surface area contributed by atoms with Crippen LogP contribution < -0.4 is 5.73 Å². The molecule has 7 heteroatoms. The molecule has 0 saturated heterocycles. The van der Waals surface area contributed by atoms with E-state index in [1.807, 2.05) is 0 Å². The molecule has 0 aliphatic carbocycles. The average molecular weight is 1070 g/mol. The smallest absolute Gasteiger partial charge is 0.330 e. The van der Waals surface area contributed by atoms with Crippen LogP contribution >= 0.6 is 0 Å². The molecule has 2 N–H and O–H groups in total. The van der Waals surface area contributed by atoms with Crippen molar-refractivity contribution in [3.05, 3.63) is 0 Å². The second-order valence-corrected chi connectivity index (χ2v) is 24.3. The molecule has 0 bridgehead atoms. The van der Waals surface area contributed by atoms with Crippen LogP contribution in [0, 0.1) is 23.7 Å². The first-order valence-electron chi connectivity index (χ1n) is 34.5. The molecule has 7 nitrogen and oxygen atoms in total. The van der Waals surface area contributed by atoms with Gasteiger partial charge in [0.05, 0.1) is 11.8 Å². The Morgan fingerprint density at radius 2 is 0.474 bits per heavy atom. The average Bonchev–Trinajstić information content (AvgIpc) is 3.41. The zero-order chi connectivity index (χ0) is 55.8. The van der Waals surface area contributed by atoms with Crippen molar-refractivity contribution in [3.63, 3.8) is 0 Å². The molecule has 0 aromatic rings. The molecule has 0 aliphatic rings. The van der Waals surface area contributed by atoms with Crippen LogP contribution in [0.5, 0.6) is 0 Å². The number of unbranched alkanes of at least 4 members (excludes halogenated alkanes) is 40. The largest absolute Gasteiger partial charge is 0.393 e. The minimum absolute atomic E-state index is 0.0249. The van der Waals surface area contributed by atoms with Gasteiger partial charge in [-0.3, -0.25) is 14.4 Å². The number of carbonyl (C=O) groups excluding carboxylic acids is 4. The molecular formula is C69H133NO6. The summed E-state index contributed by atoms with van der Waals surface area (Å²) in [6.07, 6.45) is 61.8. The van der Waals surface area contributed by atoms with Crippen LogP contribution in [0.1, 0.15) is 388 Å². The van der Waals surface area contributed by atoms with Gasteiger partial charge < -0.3 is 15.2 Å². The minimum Gasteiger partial charge on any atom is -0.393 e. The van der Waals surface area contributed by atoms with Gasteiger partial charge in [-0.2, -0.15) is 0 Å². The third-order valence-electron chi connectivity index (χ3n) is 17.1. The normalized spacial score (nSPS) is 13.6. The highest BCUT2D eigenvalue weighted by Crippen LogP contribution is 2.33. The van der Waals surface area contributed by atoms with E-state index in [1.54, 1.807) is 0 Å². The maximum absolute atomic E-state index is 14.3. The third-order valence-corrected chi connectivity index (χ3v) is 17.1. The number of esters is 4. The molecule has 450 valence electrons. The van der Waals surface area contributed by atoms with Crippen molar-refractivity contribution in [1.29, 1.82) is 0 Å². The molecule has 0 aliphatic heterocycles. The highest BCUT2D eigenvalue weighted by atomic mass is 16.6. The van der Waals surface area contributed by atoms with E-state index in [0.717, 1.165) is 89.9 Å². The maximum atomic E-state index is 14.3. The number of rotatable bonds is 60. The molecule has 0 spiro atoms. The van der Waals surface area contributed by atoms with E-state index in [-0.39, 0.29) is 36.5 Å². The van der Waals surface area contributed by atoms with Crippen molar-refractivity contribution >= 4 is 23.9 Å². The van der Waals surface area contributed by atoms with Gasteiger partial charge in [-0.15, -0.1) is 0 Å². The SMILES string of the molecule is CCCCCCCCCCCC(CCCCCCCC)C(CCCCCCCCCC)C(=O)OC(=O)CCC(N)C(=O)OC(=O)C(CCCCCCCCCC)C(CCCCCCCC)CCCCCCCCCCC. The van der Waals surface area contributed by atoms with Gasteiger partial charge in [0.2, 0.25) is 0 Å². The van der Waals surface area contributed by atoms with Crippen LogP contribution in [0.15, 0.2) is 0 Å². The standard InChI is InChI=1S/C69H133NO6/c1-7-13-19-25-31-35-37-43-49-54-61(53-47-41-29-23-17-11-5)63(57-51-45-39-33-27-21-15-9-3)67(72)75-66(71)60-59-65(70)69(74)76-68(73)64(58-52-46-40-34-28-22-16-10-4)62(55-48-42-30-24-18-12-6)56-50-44-38-36-32-26-20-14-8-2/h61-65H,7-60,70H2,1-6H3. The summed E-state index contributed by atoms with van der Waals surface area (Å²) in [5.41, 5.74) is 6.45. The second-order valence-electron chi connectivity index (χ2n) is 24.3. The summed E-state index contributed by atoms with van der Waals surface area (Å²) in [6, 6.07) is -1.15. The Morgan fingerprint density at radius 3 is 0.724 bits per heavy atom. The molecular weight excluding hydrogens is 939 g/mol. The van der Waals surface area contributed by atoms with Crippen molar-refractivity contribution in [1.82, 2.24) is 0 Å². The van der Waals surface area contributed by atoms with Crippen LogP contribution in [0.2, 0.25) is 0 Å². The molecule has 0 aromatic heterocycles. The minimum atomic E-state index is -1.15. The molecule has 0 radical (unpaired) electrons. The Labute approximate surface area is 474 Å². The van der Waals surface area contributed by atoms with Gasteiger partial charge >= 0.3 is 23.9 Å². The Kier molecular flexibility index (Phi) is 56.6. The van der Waals surface area contributed by atoms with Crippen molar-refractivity contribution in [3.8, 4) is 0 Å². The third kappa shape index (κ3) is 46.0. The van der Waals surface area contributed by atoms with E-state index >= 15 is 0 Å². The van der Waals surface area contributed by atoms with E-state index in [1.165, 1.54) is 244 Å². The van der Waals surface area contributed by atoms with Crippen LogP contribution in [0.3, 0.4) is 0 Å².